The molecule has 11 heteroatoms. The van der Waals surface area contributed by atoms with Gasteiger partial charge in [-0.3, -0.25) is 24.5 Å². The summed E-state index contributed by atoms with van der Waals surface area (Å²) in [5.41, 5.74) is 2.63. The van der Waals surface area contributed by atoms with Gasteiger partial charge in [0.15, 0.2) is 0 Å². The summed E-state index contributed by atoms with van der Waals surface area (Å²) in [5.74, 6) is -1.24. The predicted octanol–water partition coefficient (Wildman–Crippen LogP) is 7.58. The molecule has 44 heavy (non-hydrogen) atoms. The maximum absolute atomic E-state index is 13.4. The number of nitro benzene ring substituents is 1. The van der Waals surface area contributed by atoms with Gasteiger partial charge < -0.3 is 16.0 Å². The molecule has 1 unspecified atom stereocenters. The summed E-state index contributed by atoms with van der Waals surface area (Å²) in [6, 6.07) is 27.3. The molecule has 0 aliphatic carbocycles. The molecular weight excluding hydrogens is 644 g/mol. The molecule has 3 amide bonds. The van der Waals surface area contributed by atoms with Crippen molar-refractivity contribution in [2.45, 2.75) is 30.4 Å². The van der Waals surface area contributed by atoms with Crippen LogP contribution in [0.3, 0.4) is 0 Å². The van der Waals surface area contributed by atoms with Crippen molar-refractivity contribution in [2.75, 3.05) is 10.6 Å². The van der Waals surface area contributed by atoms with E-state index in [0.717, 1.165) is 9.37 Å². The van der Waals surface area contributed by atoms with Gasteiger partial charge >= 0.3 is 0 Å². The highest BCUT2D eigenvalue weighted by atomic mass is 79.9. The number of thioether (sulfide) groups is 1. The Morgan fingerprint density at radius 2 is 1.66 bits per heavy atom. The van der Waals surface area contributed by atoms with E-state index in [1.807, 2.05) is 37.3 Å². The summed E-state index contributed by atoms with van der Waals surface area (Å²) in [4.78, 5) is 50.9. The zero-order valence-electron chi connectivity index (χ0n) is 23.9. The van der Waals surface area contributed by atoms with E-state index in [2.05, 4.69) is 31.9 Å². The molecule has 0 aliphatic heterocycles. The Morgan fingerprint density at radius 1 is 0.932 bits per heavy atom. The highest BCUT2D eigenvalue weighted by Gasteiger charge is 2.21. The van der Waals surface area contributed by atoms with E-state index < -0.39 is 22.0 Å². The lowest BCUT2D eigenvalue weighted by Gasteiger charge is -2.17. The molecule has 0 radical (unpaired) electrons. The Morgan fingerprint density at radius 3 is 2.34 bits per heavy atom. The van der Waals surface area contributed by atoms with Crippen molar-refractivity contribution in [1.82, 2.24) is 5.32 Å². The summed E-state index contributed by atoms with van der Waals surface area (Å²) >= 11 is 4.71. The van der Waals surface area contributed by atoms with E-state index in [9.17, 15) is 24.5 Å². The Kier molecular flexibility index (Phi) is 11.1. The van der Waals surface area contributed by atoms with Crippen LogP contribution in [0.15, 0.2) is 112 Å². The van der Waals surface area contributed by atoms with E-state index in [4.69, 9.17) is 0 Å². The topological polar surface area (TPSA) is 130 Å². The van der Waals surface area contributed by atoms with Gasteiger partial charge in [0.1, 0.15) is 5.70 Å². The first-order valence-corrected chi connectivity index (χ1v) is 15.3. The maximum Gasteiger partial charge on any atom is 0.272 e. The van der Waals surface area contributed by atoms with Crippen molar-refractivity contribution in [3.63, 3.8) is 0 Å². The number of carbonyl (C=O) groups is 3. The van der Waals surface area contributed by atoms with E-state index in [-0.39, 0.29) is 17.3 Å². The molecule has 0 bridgehead atoms. The van der Waals surface area contributed by atoms with Gasteiger partial charge in [-0.05, 0) is 73.0 Å². The van der Waals surface area contributed by atoms with E-state index in [1.165, 1.54) is 23.9 Å². The highest BCUT2D eigenvalue weighted by Crippen LogP contribution is 2.30. The number of hydrogen-bond donors (Lipinski definition) is 3. The molecule has 0 aromatic heterocycles. The van der Waals surface area contributed by atoms with Crippen LogP contribution in [0.5, 0.6) is 0 Å². The molecule has 9 nitrogen and oxygen atoms in total. The van der Waals surface area contributed by atoms with Crippen LogP contribution in [0.25, 0.3) is 6.08 Å². The van der Waals surface area contributed by atoms with Gasteiger partial charge in [0.2, 0.25) is 5.91 Å². The minimum atomic E-state index is -0.523. The normalized spacial score (nSPS) is 11.8. The number of non-ortho nitro benzene ring substituents is 1. The van der Waals surface area contributed by atoms with Gasteiger partial charge in [0.05, 0.1) is 15.9 Å². The van der Waals surface area contributed by atoms with Crippen molar-refractivity contribution in [3.05, 3.63) is 134 Å². The molecule has 1 atom stereocenters. The van der Waals surface area contributed by atoms with Crippen LogP contribution in [0.4, 0.5) is 17.1 Å². The minimum absolute atomic E-state index is 0.0531. The lowest BCUT2D eigenvalue weighted by atomic mass is 10.1. The molecule has 4 aromatic rings. The molecule has 0 fully saturated rings. The number of anilines is 2. The third-order valence-corrected chi connectivity index (χ3v) is 8.32. The molecule has 0 saturated carbocycles. The quantitative estimate of drug-likeness (QED) is 0.0651. The second kappa shape index (κ2) is 15.1. The molecule has 224 valence electrons. The number of benzene rings is 4. The molecule has 0 heterocycles. The smallest absolute Gasteiger partial charge is 0.272 e. The van der Waals surface area contributed by atoms with Crippen LogP contribution in [0, 0.1) is 17.0 Å². The molecule has 0 aliphatic rings. The third-order valence-electron chi connectivity index (χ3n) is 6.43. The number of halogens is 1. The van der Waals surface area contributed by atoms with Crippen molar-refractivity contribution in [2.24, 2.45) is 0 Å². The number of aryl methyl sites for hydroxylation is 1. The molecule has 4 aromatic carbocycles. The fourth-order valence-electron chi connectivity index (χ4n) is 4.07. The van der Waals surface area contributed by atoms with Crippen LogP contribution >= 0.6 is 27.7 Å². The Bertz CT molecular complexity index is 1710. The highest BCUT2D eigenvalue weighted by molar-refractivity contribution is 9.10. The number of nitrogens with one attached hydrogen (secondary N) is 3. The van der Waals surface area contributed by atoms with Gasteiger partial charge in [-0.15, -0.1) is 11.8 Å². The largest absolute Gasteiger partial charge is 0.325 e. The van der Waals surface area contributed by atoms with Gasteiger partial charge in [-0.25, -0.2) is 0 Å². The van der Waals surface area contributed by atoms with Gasteiger partial charge in [0.25, 0.3) is 17.5 Å². The van der Waals surface area contributed by atoms with E-state index in [0.29, 0.717) is 34.5 Å². The molecule has 0 saturated heterocycles. The van der Waals surface area contributed by atoms with Crippen LogP contribution in [-0.2, 0) is 9.59 Å². The number of hydrogen-bond acceptors (Lipinski definition) is 6. The average Bonchev–Trinajstić information content (AvgIpc) is 3.02. The van der Waals surface area contributed by atoms with Crippen LogP contribution < -0.4 is 16.0 Å². The Labute approximate surface area is 267 Å². The summed E-state index contributed by atoms with van der Waals surface area (Å²) in [6.45, 7) is 3.64. The summed E-state index contributed by atoms with van der Waals surface area (Å²) < 4.78 is 0.877. The fourth-order valence-corrected chi connectivity index (χ4v) is 5.35. The number of nitrogens with zero attached hydrogens (tertiary/aromatic N) is 1. The Hall–Kier alpha value is -4.74. The number of carbonyl (C=O) groups excluding carboxylic acids is 3. The number of rotatable bonds is 11. The van der Waals surface area contributed by atoms with Crippen LogP contribution in [-0.4, -0.2) is 27.9 Å². The lowest BCUT2D eigenvalue weighted by Crippen LogP contribution is -2.30. The summed E-state index contributed by atoms with van der Waals surface area (Å²) in [6.07, 6.45) is 2.08. The molecule has 0 spiro atoms. The first kappa shape index (κ1) is 32.2. The first-order chi connectivity index (χ1) is 21.1. The fraction of sp³-hybridized carbons (Fsp3) is 0.121. The zero-order chi connectivity index (χ0) is 31.6. The van der Waals surface area contributed by atoms with Crippen molar-refractivity contribution in [3.8, 4) is 0 Å². The summed E-state index contributed by atoms with van der Waals surface area (Å²) in [5, 5.41) is 19.1. The zero-order valence-corrected chi connectivity index (χ0v) is 26.3. The molecule has 4 rings (SSSR count). The SMILES string of the molecule is CCC(Sc1cccc(NC(=O)/C(=C/c2ccc(Br)cc2)NC(=O)c2ccccc2)c1)C(=O)Nc1cc([N+](=O)[O-])ccc1C. The van der Waals surface area contributed by atoms with E-state index in [1.54, 1.807) is 67.6 Å². The van der Waals surface area contributed by atoms with Gasteiger partial charge in [-0.2, -0.15) is 0 Å². The van der Waals surface area contributed by atoms with E-state index >= 15 is 0 Å². The van der Waals surface area contributed by atoms with Gasteiger partial charge in [0, 0.05) is 32.8 Å². The number of nitro groups is 1. The van der Waals surface area contributed by atoms with Gasteiger partial charge in [-0.1, -0.05) is 65.3 Å². The Balaban J connectivity index is 1.50. The van der Waals surface area contributed by atoms with Crippen LogP contribution in [0.2, 0.25) is 0 Å². The third kappa shape index (κ3) is 8.88. The average molecular weight is 674 g/mol. The van der Waals surface area contributed by atoms with Crippen molar-refractivity contribution in [1.29, 1.82) is 0 Å². The standard InChI is InChI=1S/C33H29BrN4O5S/c1-3-30(33(41)36-28-20-26(38(42)43)17-12-21(28)2)44-27-11-7-10-25(19-27)35-32(40)29(18-22-13-15-24(34)16-14-22)37-31(39)23-8-5-4-6-9-23/h4-20,30H,3H2,1-2H3,(H,35,40)(H,36,41)(H,37,39)/b29-18-. The number of amides is 3. The minimum Gasteiger partial charge on any atom is -0.325 e. The predicted molar refractivity (Wildman–Crippen MR) is 177 cm³/mol. The van der Waals surface area contributed by atoms with Crippen LogP contribution in [0.1, 0.15) is 34.8 Å². The molecule has 3 N–H and O–H groups in total. The second-order valence-electron chi connectivity index (χ2n) is 9.67. The lowest BCUT2D eigenvalue weighted by molar-refractivity contribution is -0.384. The van der Waals surface area contributed by atoms with Crippen molar-refractivity contribution >= 4 is 68.6 Å². The summed E-state index contributed by atoms with van der Waals surface area (Å²) in [7, 11) is 0. The molecular formula is C33H29BrN4O5S. The second-order valence-corrected chi connectivity index (χ2v) is 11.9. The monoisotopic (exact) mass is 672 g/mol. The first-order valence-electron chi connectivity index (χ1n) is 13.6. The van der Waals surface area contributed by atoms with Crippen molar-refractivity contribution < 1.29 is 19.3 Å². The maximum atomic E-state index is 13.4.